The van der Waals surface area contributed by atoms with Crippen molar-refractivity contribution in [2.75, 3.05) is 13.1 Å². The van der Waals surface area contributed by atoms with Crippen molar-refractivity contribution in [3.63, 3.8) is 0 Å². The fourth-order valence-electron chi connectivity index (χ4n) is 4.53. The van der Waals surface area contributed by atoms with Gasteiger partial charge in [-0.2, -0.15) is 4.31 Å². The van der Waals surface area contributed by atoms with Gasteiger partial charge < -0.3 is 10.1 Å². The second-order valence-corrected chi connectivity index (χ2v) is 10.3. The lowest BCUT2D eigenvalue weighted by molar-refractivity contribution is 0.0227. The summed E-state index contributed by atoms with van der Waals surface area (Å²) in [6, 6.07) is 13.9. The summed E-state index contributed by atoms with van der Waals surface area (Å²) in [4.78, 5) is 13.3. The van der Waals surface area contributed by atoms with E-state index in [1.54, 1.807) is 12.1 Å². The molecular formula is C24H30N2O4S. The number of hydrogen-bond donors (Lipinski definition) is 1. The maximum absolute atomic E-state index is 13.0. The molecule has 0 radical (unpaired) electrons. The minimum atomic E-state index is -3.49. The first kappa shape index (κ1) is 21.8. The fourth-order valence-corrected chi connectivity index (χ4v) is 6.04. The number of rotatable bonds is 6. The van der Waals surface area contributed by atoms with E-state index in [2.05, 4.69) is 19.2 Å². The van der Waals surface area contributed by atoms with Gasteiger partial charge in [-0.3, -0.25) is 4.79 Å². The van der Waals surface area contributed by atoms with Gasteiger partial charge >= 0.3 is 0 Å². The topological polar surface area (TPSA) is 75.7 Å². The predicted octanol–water partition coefficient (Wildman–Crippen LogP) is 4.28. The van der Waals surface area contributed by atoms with Crippen molar-refractivity contribution in [2.24, 2.45) is 0 Å². The van der Waals surface area contributed by atoms with Crippen molar-refractivity contribution < 1.29 is 17.9 Å². The molecule has 0 unspecified atom stereocenters. The molecule has 2 aromatic rings. The molecule has 2 aromatic carbocycles. The Morgan fingerprint density at radius 2 is 1.71 bits per heavy atom. The van der Waals surface area contributed by atoms with Crippen LogP contribution in [0.2, 0.25) is 0 Å². The monoisotopic (exact) mass is 442 g/mol. The van der Waals surface area contributed by atoms with E-state index in [0.29, 0.717) is 25.1 Å². The predicted molar refractivity (Wildman–Crippen MR) is 120 cm³/mol. The standard InChI is InChI=1S/C24H30N2O4S/c1-3-24(4-2)17-21(20-9-5-6-10-22(20)30-24)25-23(27)18-11-13-19(14-12-18)31(28,29)26-15-7-8-16-26/h5-6,9-14,21H,3-4,7-8,15-17H2,1-2H3,(H,25,27)/t21-/m0/s1. The Hall–Kier alpha value is -2.38. The number of hydrogen-bond acceptors (Lipinski definition) is 4. The van der Waals surface area contributed by atoms with Crippen LogP contribution in [0.15, 0.2) is 53.4 Å². The van der Waals surface area contributed by atoms with Crippen LogP contribution in [0, 0.1) is 0 Å². The SMILES string of the molecule is CCC1(CC)C[C@H](NC(=O)c2ccc(S(=O)(=O)N3CCCC3)cc2)c2ccccc2O1. The number of carbonyl (C=O) groups is 1. The summed E-state index contributed by atoms with van der Waals surface area (Å²) in [7, 11) is -3.49. The first-order chi connectivity index (χ1) is 14.9. The average Bonchev–Trinajstić information content (AvgIpc) is 3.35. The van der Waals surface area contributed by atoms with Crippen molar-refractivity contribution in [3.05, 3.63) is 59.7 Å². The number of sulfonamides is 1. The number of carbonyl (C=O) groups excluding carboxylic acids is 1. The van der Waals surface area contributed by atoms with Gasteiger partial charge in [-0.05, 0) is 56.0 Å². The number of nitrogens with zero attached hydrogens (tertiary/aromatic N) is 1. The van der Waals surface area contributed by atoms with E-state index >= 15 is 0 Å². The molecule has 1 atom stereocenters. The lowest BCUT2D eigenvalue weighted by atomic mass is 9.83. The molecule has 7 heteroatoms. The van der Waals surface area contributed by atoms with Crippen LogP contribution in [0.4, 0.5) is 0 Å². The number of ether oxygens (including phenoxy) is 1. The largest absolute Gasteiger partial charge is 0.487 e. The van der Waals surface area contributed by atoms with Crippen LogP contribution in [0.5, 0.6) is 5.75 Å². The quantitative estimate of drug-likeness (QED) is 0.724. The Bertz CT molecular complexity index is 1040. The first-order valence-corrected chi connectivity index (χ1v) is 12.5. The molecule has 6 nitrogen and oxygen atoms in total. The summed E-state index contributed by atoms with van der Waals surface area (Å²) in [5, 5.41) is 3.15. The van der Waals surface area contributed by atoms with Crippen LogP contribution in [0.1, 0.15) is 67.9 Å². The lowest BCUT2D eigenvalue weighted by Gasteiger charge is -2.41. The highest BCUT2D eigenvalue weighted by Crippen LogP contribution is 2.42. The lowest BCUT2D eigenvalue weighted by Crippen LogP contribution is -2.44. The van der Waals surface area contributed by atoms with E-state index < -0.39 is 10.0 Å². The van der Waals surface area contributed by atoms with Gasteiger partial charge in [-0.25, -0.2) is 8.42 Å². The Morgan fingerprint density at radius 1 is 1.06 bits per heavy atom. The van der Waals surface area contributed by atoms with E-state index in [0.717, 1.165) is 37.0 Å². The number of para-hydroxylation sites is 1. The summed E-state index contributed by atoms with van der Waals surface area (Å²) in [5.41, 5.74) is 1.12. The molecule has 4 rings (SSSR count). The Labute approximate surface area is 184 Å². The number of nitrogens with one attached hydrogen (secondary N) is 1. The van der Waals surface area contributed by atoms with Crippen LogP contribution in [0.25, 0.3) is 0 Å². The molecule has 2 aliphatic heterocycles. The van der Waals surface area contributed by atoms with Gasteiger partial charge in [-0.15, -0.1) is 0 Å². The molecule has 1 saturated heterocycles. The highest BCUT2D eigenvalue weighted by atomic mass is 32.2. The third kappa shape index (κ3) is 4.21. The van der Waals surface area contributed by atoms with E-state index in [4.69, 9.17) is 4.74 Å². The molecule has 1 N–H and O–H groups in total. The zero-order chi connectivity index (χ0) is 22.1. The Morgan fingerprint density at radius 3 is 2.35 bits per heavy atom. The number of amides is 1. The maximum Gasteiger partial charge on any atom is 0.251 e. The van der Waals surface area contributed by atoms with Crippen LogP contribution in [-0.2, 0) is 10.0 Å². The molecule has 0 saturated carbocycles. The molecule has 0 spiro atoms. The third-order valence-corrected chi connectivity index (χ3v) is 8.52. The summed E-state index contributed by atoms with van der Waals surface area (Å²) < 4.78 is 33.3. The third-order valence-electron chi connectivity index (χ3n) is 6.61. The molecule has 0 bridgehead atoms. The molecular weight excluding hydrogens is 412 g/mol. The van der Waals surface area contributed by atoms with Crippen LogP contribution in [-0.4, -0.2) is 37.3 Å². The molecule has 0 aromatic heterocycles. The van der Waals surface area contributed by atoms with Crippen molar-refractivity contribution in [1.29, 1.82) is 0 Å². The van der Waals surface area contributed by atoms with Crippen molar-refractivity contribution in [3.8, 4) is 5.75 Å². The van der Waals surface area contributed by atoms with E-state index in [1.807, 2.05) is 24.3 Å². The summed E-state index contributed by atoms with van der Waals surface area (Å²) in [6.45, 7) is 5.33. The first-order valence-electron chi connectivity index (χ1n) is 11.1. The van der Waals surface area contributed by atoms with Gasteiger partial charge in [-0.1, -0.05) is 32.0 Å². The molecule has 2 aliphatic rings. The van der Waals surface area contributed by atoms with Crippen LogP contribution < -0.4 is 10.1 Å². The van der Waals surface area contributed by atoms with Crippen LogP contribution >= 0.6 is 0 Å². The average molecular weight is 443 g/mol. The zero-order valence-corrected chi connectivity index (χ0v) is 19.0. The second kappa shape index (κ2) is 8.63. The summed E-state index contributed by atoms with van der Waals surface area (Å²) in [5.74, 6) is 0.600. The van der Waals surface area contributed by atoms with E-state index in [-0.39, 0.29) is 22.4 Å². The van der Waals surface area contributed by atoms with Gasteiger partial charge in [0, 0.05) is 30.6 Å². The zero-order valence-electron chi connectivity index (χ0n) is 18.1. The molecule has 31 heavy (non-hydrogen) atoms. The van der Waals surface area contributed by atoms with Crippen LogP contribution in [0.3, 0.4) is 0 Å². The molecule has 1 amide bonds. The smallest absolute Gasteiger partial charge is 0.251 e. The minimum absolute atomic E-state index is 0.162. The highest BCUT2D eigenvalue weighted by molar-refractivity contribution is 7.89. The van der Waals surface area contributed by atoms with Crippen molar-refractivity contribution >= 4 is 15.9 Å². The summed E-state index contributed by atoms with van der Waals surface area (Å²) in [6.07, 6.45) is 4.19. The van der Waals surface area contributed by atoms with Gasteiger partial charge in [0.1, 0.15) is 11.4 Å². The van der Waals surface area contributed by atoms with Gasteiger partial charge in [0.2, 0.25) is 10.0 Å². The summed E-state index contributed by atoms with van der Waals surface area (Å²) >= 11 is 0. The molecule has 0 aliphatic carbocycles. The van der Waals surface area contributed by atoms with E-state index in [9.17, 15) is 13.2 Å². The van der Waals surface area contributed by atoms with Crippen molar-refractivity contribution in [2.45, 2.75) is 62.5 Å². The molecule has 2 heterocycles. The van der Waals surface area contributed by atoms with Gasteiger partial charge in [0.25, 0.3) is 5.91 Å². The van der Waals surface area contributed by atoms with Gasteiger partial charge in [0.05, 0.1) is 10.9 Å². The Kier molecular flexibility index (Phi) is 6.08. The number of fused-ring (bicyclic) bond motifs is 1. The maximum atomic E-state index is 13.0. The fraction of sp³-hybridized carbons (Fsp3) is 0.458. The van der Waals surface area contributed by atoms with Gasteiger partial charge in [0.15, 0.2) is 0 Å². The Balaban J connectivity index is 1.54. The second-order valence-electron chi connectivity index (χ2n) is 8.40. The minimum Gasteiger partial charge on any atom is -0.487 e. The molecule has 1 fully saturated rings. The number of benzene rings is 2. The molecule has 166 valence electrons. The van der Waals surface area contributed by atoms with E-state index in [1.165, 1.54) is 16.4 Å². The highest BCUT2D eigenvalue weighted by Gasteiger charge is 2.39. The van der Waals surface area contributed by atoms with Crippen molar-refractivity contribution in [1.82, 2.24) is 9.62 Å². The normalized spacial score (nSPS) is 20.6.